The number of H-pyrrole nitrogens is 1. The van der Waals surface area contributed by atoms with Crippen LogP contribution in [0.4, 0.5) is 0 Å². The van der Waals surface area contributed by atoms with Gasteiger partial charge in [-0.25, -0.2) is 14.5 Å². The average molecular weight is 605 g/mol. The molecule has 0 unspecified atom stereocenters. The Bertz CT molecular complexity index is 1490. The normalized spacial score (nSPS) is 19.0. The number of carbonyl (C=O) groups excluding carboxylic acids is 3. The molecule has 3 N–H and O–H groups in total. The third-order valence-electron chi connectivity index (χ3n) is 8.34. The molecule has 0 aliphatic carbocycles. The Kier molecular flexibility index (Phi) is 11.0. The van der Waals surface area contributed by atoms with E-state index in [-0.39, 0.29) is 36.5 Å². The van der Waals surface area contributed by atoms with Gasteiger partial charge in [-0.1, -0.05) is 50.6 Å². The van der Waals surface area contributed by atoms with Crippen molar-refractivity contribution < 1.29 is 14.4 Å². The quantitative estimate of drug-likeness (QED) is 0.374. The Balaban J connectivity index is 1.63. The fourth-order valence-corrected chi connectivity index (χ4v) is 5.68. The van der Waals surface area contributed by atoms with Crippen molar-refractivity contribution in [3.05, 3.63) is 75.0 Å². The van der Waals surface area contributed by atoms with Gasteiger partial charge in [-0.15, -0.1) is 0 Å². The number of aromatic nitrogens is 5. The van der Waals surface area contributed by atoms with E-state index < -0.39 is 17.8 Å². The molecule has 0 saturated heterocycles. The summed E-state index contributed by atoms with van der Waals surface area (Å²) in [6, 6.07) is 8.64. The van der Waals surface area contributed by atoms with E-state index in [1.54, 1.807) is 16.5 Å². The van der Waals surface area contributed by atoms with Crippen LogP contribution in [0.5, 0.6) is 0 Å². The molecule has 44 heavy (non-hydrogen) atoms. The lowest BCUT2D eigenvalue weighted by Crippen LogP contribution is -2.51. The van der Waals surface area contributed by atoms with Crippen LogP contribution in [0.25, 0.3) is 0 Å². The van der Waals surface area contributed by atoms with Gasteiger partial charge in [-0.3, -0.25) is 14.4 Å². The minimum Gasteiger partial charge on any atom is -0.344 e. The molecule has 3 aromatic rings. The van der Waals surface area contributed by atoms with Gasteiger partial charge < -0.3 is 20.5 Å². The third kappa shape index (κ3) is 8.39. The second-order valence-electron chi connectivity index (χ2n) is 11.6. The summed E-state index contributed by atoms with van der Waals surface area (Å²) in [7, 11) is 0. The largest absolute Gasteiger partial charge is 0.345 e. The van der Waals surface area contributed by atoms with Gasteiger partial charge >= 0.3 is 5.69 Å². The third-order valence-corrected chi connectivity index (χ3v) is 8.34. The lowest BCUT2D eigenvalue weighted by molar-refractivity contribution is -0.132. The smallest absolute Gasteiger partial charge is 0.344 e. The topological polar surface area (TPSA) is 155 Å². The molecule has 3 heterocycles. The first-order valence-electron chi connectivity index (χ1n) is 15.4. The number of aromatic amines is 1. The van der Waals surface area contributed by atoms with Crippen LogP contribution < -0.4 is 16.3 Å². The highest BCUT2D eigenvalue weighted by molar-refractivity contribution is 5.88. The van der Waals surface area contributed by atoms with Gasteiger partial charge in [0.1, 0.15) is 17.7 Å². The number of fused-ring (bicyclic) bond motifs is 1. The van der Waals surface area contributed by atoms with Gasteiger partial charge in [-0.2, -0.15) is 10.1 Å². The molecule has 4 rings (SSSR count). The summed E-state index contributed by atoms with van der Waals surface area (Å²) in [4.78, 5) is 65.2. The van der Waals surface area contributed by atoms with Crippen molar-refractivity contribution in [2.75, 3.05) is 13.1 Å². The van der Waals surface area contributed by atoms with Gasteiger partial charge in [0, 0.05) is 37.3 Å². The van der Waals surface area contributed by atoms with Crippen LogP contribution in [0.1, 0.15) is 79.7 Å². The van der Waals surface area contributed by atoms with Crippen LogP contribution in [0.3, 0.4) is 0 Å². The maximum atomic E-state index is 13.7. The fourth-order valence-electron chi connectivity index (χ4n) is 5.68. The number of benzene rings is 1. The van der Waals surface area contributed by atoms with Crippen LogP contribution in [-0.2, 0) is 33.8 Å². The SMILES string of the molecule is CC[C@H](C)[C@@H]1NC(=O)CCCN(C(=O)CCc2c(C)nc(=O)[nH]c2C)CCn2nc(C)nc2[C@H](Cc2ccccc2)NC1=O. The predicted octanol–water partition coefficient (Wildman–Crippen LogP) is 2.47. The zero-order chi connectivity index (χ0) is 31.8. The van der Waals surface area contributed by atoms with E-state index in [0.29, 0.717) is 68.4 Å². The minimum absolute atomic E-state index is 0.0625. The summed E-state index contributed by atoms with van der Waals surface area (Å²) in [5.41, 5.74) is 2.79. The maximum Gasteiger partial charge on any atom is 0.345 e. The molecule has 0 radical (unpaired) electrons. The summed E-state index contributed by atoms with van der Waals surface area (Å²) in [6.07, 6.45) is 2.50. The Morgan fingerprint density at radius 3 is 2.48 bits per heavy atom. The highest BCUT2D eigenvalue weighted by atomic mass is 16.2. The molecule has 1 aromatic carbocycles. The molecule has 0 fully saturated rings. The fraction of sp³-hybridized carbons (Fsp3) is 0.531. The molecule has 3 amide bonds. The summed E-state index contributed by atoms with van der Waals surface area (Å²) in [5.74, 6) is 0.543. The van der Waals surface area contributed by atoms with Gasteiger partial charge in [0.2, 0.25) is 17.7 Å². The zero-order valence-corrected chi connectivity index (χ0v) is 26.4. The number of nitrogens with one attached hydrogen (secondary N) is 3. The van der Waals surface area contributed by atoms with E-state index in [2.05, 4.69) is 25.7 Å². The summed E-state index contributed by atoms with van der Waals surface area (Å²) >= 11 is 0. The van der Waals surface area contributed by atoms with Crippen LogP contribution >= 0.6 is 0 Å². The number of amides is 3. The van der Waals surface area contributed by atoms with E-state index in [4.69, 9.17) is 4.98 Å². The molecular formula is C32H44N8O4. The molecule has 1 aliphatic heterocycles. The van der Waals surface area contributed by atoms with Crippen LogP contribution in [0, 0.1) is 26.7 Å². The Hall–Kier alpha value is -4.35. The first kappa shape index (κ1) is 32.6. The van der Waals surface area contributed by atoms with Gasteiger partial charge in [-0.05, 0) is 57.1 Å². The average Bonchev–Trinajstić information content (AvgIpc) is 3.36. The van der Waals surface area contributed by atoms with E-state index in [9.17, 15) is 19.2 Å². The van der Waals surface area contributed by atoms with Crippen LogP contribution in [0.2, 0.25) is 0 Å². The van der Waals surface area contributed by atoms with Crippen molar-refractivity contribution in [2.45, 2.75) is 91.8 Å². The van der Waals surface area contributed by atoms with Gasteiger partial charge in [0.15, 0.2) is 0 Å². The molecule has 1 aliphatic rings. The summed E-state index contributed by atoms with van der Waals surface area (Å²) < 4.78 is 1.78. The van der Waals surface area contributed by atoms with E-state index in [0.717, 1.165) is 11.1 Å². The van der Waals surface area contributed by atoms with E-state index >= 15 is 0 Å². The molecule has 2 aromatic heterocycles. The van der Waals surface area contributed by atoms with Crippen LogP contribution in [0.15, 0.2) is 35.1 Å². The first-order valence-corrected chi connectivity index (χ1v) is 15.4. The van der Waals surface area contributed by atoms with Crippen molar-refractivity contribution >= 4 is 17.7 Å². The second kappa shape index (κ2) is 14.9. The number of nitrogens with zero attached hydrogens (tertiary/aromatic N) is 5. The standard InChI is InChI=1S/C32H44N8O4/c1-6-20(2)29-31(43)36-26(19-24-11-8-7-9-12-24)30-35-23(5)38-40(30)18-17-39(16-10-13-27(41)37-29)28(42)15-14-25-21(3)33-32(44)34-22(25)4/h7-9,11-12,20,26,29H,6,10,13-19H2,1-5H3,(H,36,43)(H,37,41)(H,33,34,44)/t20-,26-,29-/m0/s1. The van der Waals surface area contributed by atoms with Crippen molar-refractivity contribution in [1.82, 2.24) is 40.3 Å². The minimum atomic E-state index is -0.707. The predicted molar refractivity (Wildman–Crippen MR) is 166 cm³/mol. The lowest BCUT2D eigenvalue weighted by atomic mass is 9.97. The number of rotatable bonds is 7. The molecule has 0 bridgehead atoms. The summed E-state index contributed by atoms with van der Waals surface area (Å²) in [6.45, 7) is 10.5. The van der Waals surface area contributed by atoms with E-state index in [1.165, 1.54) is 0 Å². The number of hydrogen-bond acceptors (Lipinski definition) is 7. The van der Waals surface area contributed by atoms with Crippen molar-refractivity contribution in [1.29, 1.82) is 0 Å². The Morgan fingerprint density at radius 2 is 1.77 bits per heavy atom. The molecular weight excluding hydrogens is 560 g/mol. The number of carbonyl (C=O) groups is 3. The second-order valence-corrected chi connectivity index (χ2v) is 11.6. The lowest BCUT2D eigenvalue weighted by Gasteiger charge is -2.28. The van der Waals surface area contributed by atoms with Crippen molar-refractivity contribution in [2.24, 2.45) is 5.92 Å². The molecule has 12 nitrogen and oxygen atoms in total. The highest BCUT2D eigenvalue weighted by Gasteiger charge is 2.31. The monoisotopic (exact) mass is 604 g/mol. The molecule has 236 valence electrons. The number of hydrogen-bond donors (Lipinski definition) is 3. The Labute approximate surface area is 258 Å². The molecule has 0 saturated carbocycles. The van der Waals surface area contributed by atoms with Crippen molar-refractivity contribution in [3.8, 4) is 0 Å². The van der Waals surface area contributed by atoms with E-state index in [1.807, 2.05) is 58.0 Å². The molecule has 3 atom stereocenters. The highest BCUT2D eigenvalue weighted by Crippen LogP contribution is 2.20. The van der Waals surface area contributed by atoms with Crippen molar-refractivity contribution in [3.63, 3.8) is 0 Å². The molecule has 0 spiro atoms. The van der Waals surface area contributed by atoms with Crippen LogP contribution in [-0.4, -0.2) is 66.5 Å². The van der Waals surface area contributed by atoms with Gasteiger partial charge in [0.25, 0.3) is 0 Å². The maximum absolute atomic E-state index is 13.7. The number of aryl methyl sites for hydroxylation is 3. The first-order chi connectivity index (χ1) is 21.0. The summed E-state index contributed by atoms with van der Waals surface area (Å²) in [5, 5.41) is 10.8. The zero-order valence-electron chi connectivity index (χ0n) is 26.4. The molecule has 12 heteroatoms. The van der Waals surface area contributed by atoms with Gasteiger partial charge in [0.05, 0.1) is 12.6 Å². The Morgan fingerprint density at radius 1 is 1.02 bits per heavy atom.